The van der Waals surface area contributed by atoms with Crippen LogP contribution < -0.4 is 5.73 Å². The van der Waals surface area contributed by atoms with Crippen molar-refractivity contribution >= 4 is 0 Å². The summed E-state index contributed by atoms with van der Waals surface area (Å²) in [6, 6.07) is 3.89. The monoisotopic (exact) mass is 231 g/mol. The standard InChI is InChI=1S/C12H17N5/c1-2-7-17-12(9-15-16-17)11(13)8-10-3-5-14-6-4-10/h3-6,9,11H,2,7-8,13H2,1H3. The first kappa shape index (κ1) is 11.7. The van der Waals surface area contributed by atoms with Crippen molar-refractivity contribution in [2.75, 3.05) is 0 Å². The third-order valence-corrected chi connectivity index (χ3v) is 2.67. The number of nitrogens with two attached hydrogens (primary N) is 1. The van der Waals surface area contributed by atoms with Crippen LogP contribution in [0, 0.1) is 0 Å². The van der Waals surface area contributed by atoms with Crippen molar-refractivity contribution in [1.29, 1.82) is 0 Å². The van der Waals surface area contributed by atoms with Crippen LogP contribution >= 0.6 is 0 Å². The zero-order valence-corrected chi connectivity index (χ0v) is 9.95. The molecule has 0 aliphatic carbocycles. The minimum atomic E-state index is -0.0704. The van der Waals surface area contributed by atoms with Crippen molar-refractivity contribution in [2.24, 2.45) is 5.73 Å². The largest absolute Gasteiger partial charge is 0.322 e. The average molecular weight is 231 g/mol. The van der Waals surface area contributed by atoms with Crippen LogP contribution in [0.3, 0.4) is 0 Å². The molecule has 0 fully saturated rings. The summed E-state index contributed by atoms with van der Waals surface area (Å²) < 4.78 is 1.88. The fraction of sp³-hybridized carbons (Fsp3) is 0.417. The van der Waals surface area contributed by atoms with E-state index in [-0.39, 0.29) is 6.04 Å². The van der Waals surface area contributed by atoms with Crippen LogP contribution in [0.25, 0.3) is 0 Å². The van der Waals surface area contributed by atoms with Crippen molar-refractivity contribution in [3.8, 4) is 0 Å². The van der Waals surface area contributed by atoms with E-state index in [2.05, 4.69) is 22.2 Å². The number of pyridine rings is 1. The molecule has 0 radical (unpaired) electrons. The molecule has 0 aliphatic heterocycles. The Hall–Kier alpha value is -1.75. The van der Waals surface area contributed by atoms with Gasteiger partial charge in [-0.05, 0) is 30.5 Å². The molecule has 5 heteroatoms. The van der Waals surface area contributed by atoms with Crippen LogP contribution in [-0.4, -0.2) is 20.0 Å². The van der Waals surface area contributed by atoms with Gasteiger partial charge in [-0.15, -0.1) is 5.10 Å². The molecule has 5 nitrogen and oxygen atoms in total. The van der Waals surface area contributed by atoms with Crippen molar-refractivity contribution in [3.05, 3.63) is 42.0 Å². The Kier molecular flexibility index (Phi) is 3.82. The Morgan fingerprint density at radius 1 is 1.35 bits per heavy atom. The summed E-state index contributed by atoms with van der Waals surface area (Å²) in [5.74, 6) is 0. The molecule has 0 saturated heterocycles. The number of nitrogens with zero attached hydrogens (tertiary/aromatic N) is 4. The third-order valence-electron chi connectivity index (χ3n) is 2.67. The topological polar surface area (TPSA) is 69.6 Å². The van der Waals surface area contributed by atoms with Gasteiger partial charge in [0.25, 0.3) is 0 Å². The molecule has 0 spiro atoms. The van der Waals surface area contributed by atoms with Crippen molar-refractivity contribution in [3.63, 3.8) is 0 Å². The predicted molar refractivity (Wildman–Crippen MR) is 65.2 cm³/mol. The summed E-state index contributed by atoms with van der Waals surface area (Å²) in [4.78, 5) is 3.99. The van der Waals surface area contributed by atoms with Gasteiger partial charge in [0.05, 0.1) is 17.9 Å². The molecule has 0 amide bonds. The third kappa shape index (κ3) is 2.88. The van der Waals surface area contributed by atoms with E-state index in [0.717, 1.165) is 25.1 Å². The highest BCUT2D eigenvalue weighted by Crippen LogP contribution is 2.14. The molecule has 0 bridgehead atoms. The molecule has 2 rings (SSSR count). The van der Waals surface area contributed by atoms with Crippen LogP contribution in [0.15, 0.2) is 30.7 Å². The zero-order chi connectivity index (χ0) is 12.1. The lowest BCUT2D eigenvalue weighted by atomic mass is 10.1. The highest BCUT2D eigenvalue weighted by molar-refractivity contribution is 5.14. The van der Waals surface area contributed by atoms with E-state index in [9.17, 15) is 0 Å². The fourth-order valence-corrected chi connectivity index (χ4v) is 1.82. The first-order chi connectivity index (χ1) is 8.31. The Morgan fingerprint density at radius 2 is 2.12 bits per heavy atom. The number of aryl methyl sites for hydroxylation is 1. The molecule has 90 valence electrons. The molecule has 2 aromatic rings. The molecule has 1 unspecified atom stereocenters. The average Bonchev–Trinajstić information content (AvgIpc) is 2.79. The lowest BCUT2D eigenvalue weighted by Crippen LogP contribution is -2.18. The Morgan fingerprint density at radius 3 is 2.82 bits per heavy atom. The van der Waals surface area contributed by atoms with E-state index in [1.165, 1.54) is 5.56 Å². The predicted octanol–water partition coefficient (Wildman–Crippen LogP) is 1.33. The van der Waals surface area contributed by atoms with Crippen LogP contribution in [0.4, 0.5) is 0 Å². The Balaban J connectivity index is 2.09. The van der Waals surface area contributed by atoms with E-state index < -0.39 is 0 Å². The highest BCUT2D eigenvalue weighted by Gasteiger charge is 2.12. The van der Waals surface area contributed by atoms with Crippen molar-refractivity contribution < 1.29 is 0 Å². The molecular formula is C12H17N5. The summed E-state index contributed by atoms with van der Waals surface area (Å²) in [6.45, 7) is 2.97. The quantitative estimate of drug-likeness (QED) is 0.842. The van der Waals surface area contributed by atoms with Crippen LogP contribution in [0.2, 0.25) is 0 Å². The van der Waals surface area contributed by atoms with Gasteiger partial charge >= 0.3 is 0 Å². The van der Waals surface area contributed by atoms with Gasteiger partial charge in [-0.3, -0.25) is 4.98 Å². The number of hydrogen-bond acceptors (Lipinski definition) is 4. The van der Waals surface area contributed by atoms with Crippen LogP contribution in [0.1, 0.15) is 30.6 Å². The van der Waals surface area contributed by atoms with Gasteiger partial charge in [0.15, 0.2) is 0 Å². The van der Waals surface area contributed by atoms with Crippen LogP contribution in [0.5, 0.6) is 0 Å². The maximum absolute atomic E-state index is 6.18. The first-order valence-corrected chi connectivity index (χ1v) is 5.84. The van der Waals surface area contributed by atoms with E-state index in [1.54, 1.807) is 18.6 Å². The Bertz CT molecular complexity index is 451. The number of aromatic nitrogens is 4. The number of rotatable bonds is 5. The van der Waals surface area contributed by atoms with Crippen LogP contribution in [-0.2, 0) is 13.0 Å². The van der Waals surface area contributed by atoms with Gasteiger partial charge in [-0.2, -0.15) is 0 Å². The molecule has 17 heavy (non-hydrogen) atoms. The molecule has 2 N–H and O–H groups in total. The minimum absolute atomic E-state index is 0.0704. The summed E-state index contributed by atoms with van der Waals surface area (Å²) in [7, 11) is 0. The molecular weight excluding hydrogens is 214 g/mol. The molecule has 0 aromatic carbocycles. The van der Waals surface area contributed by atoms with E-state index >= 15 is 0 Å². The maximum atomic E-state index is 6.18. The minimum Gasteiger partial charge on any atom is -0.322 e. The molecule has 0 aliphatic rings. The summed E-state index contributed by atoms with van der Waals surface area (Å²) >= 11 is 0. The molecule has 2 heterocycles. The van der Waals surface area contributed by atoms with E-state index in [1.807, 2.05) is 16.8 Å². The molecule has 1 atom stereocenters. The van der Waals surface area contributed by atoms with Gasteiger partial charge in [0.2, 0.25) is 0 Å². The normalized spacial score (nSPS) is 12.6. The maximum Gasteiger partial charge on any atom is 0.0757 e. The lowest BCUT2D eigenvalue weighted by Gasteiger charge is -2.12. The highest BCUT2D eigenvalue weighted by atomic mass is 15.4. The first-order valence-electron chi connectivity index (χ1n) is 5.84. The fourth-order valence-electron chi connectivity index (χ4n) is 1.82. The van der Waals surface area contributed by atoms with Gasteiger partial charge in [-0.1, -0.05) is 12.1 Å². The SMILES string of the molecule is CCCn1nncc1C(N)Cc1ccncc1. The summed E-state index contributed by atoms with van der Waals surface area (Å²) in [5, 5.41) is 7.97. The zero-order valence-electron chi connectivity index (χ0n) is 9.95. The van der Waals surface area contributed by atoms with E-state index in [4.69, 9.17) is 5.73 Å². The summed E-state index contributed by atoms with van der Waals surface area (Å²) in [6.07, 6.45) is 7.12. The van der Waals surface area contributed by atoms with Gasteiger partial charge in [-0.25, -0.2) is 4.68 Å². The number of hydrogen-bond donors (Lipinski definition) is 1. The second-order valence-electron chi connectivity index (χ2n) is 4.05. The van der Waals surface area contributed by atoms with Crippen molar-refractivity contribution in [1.82, 2.24) is 20.0 Å². The van der Waals surface area contributed by atoms with E-state index in [0.29, 0.717) is 0 Å². The second kappa shape index (κ2) is 5.54. The smallest absolute Gasteiger partial charge is 0.0757 e. The van der Waals surface area contributed by atoms with Crippen molar-refractivity contribution in [2.45, 2.75) is 32.4 Å². The second-order valence-corrected chi connectivity index (χ2v) is 4.05. The molecule has 0 saturated carbocycles. The Labute approximate surface area is 101 Å². The van der Waals surface area contributed by atoms with Gasteiger partial charge < -0.3 is 5.73 Å². The lowest BCUT2D eigenvalue weighted by molar-refractivity contribution is 0.525. The summed E-state index contributed by atoms with van der Waals surface area (Å²) in [5.41, 5.74) is 8.35. The molecule has 2 aromatic heterocycles. The van der Waals surface area contributed by atoms with Gasteiger partial charge in [0.1, 0.15) is 0 Å². The van der Waals surface area contributed by atoms with Gasteiger partial charge in [0, 0.05) is 18.9 Å².